The summed E-state index contributed by atoms with van der Waals surface area (Å²) in [5.74, 6) is -0.280. The Bertz CT molecular complexity index is 417. The van der Waals surface area contributed by atoms with Gasteiger partial charge in [-0.1, -0.05) is 24.6 Å². The molecule has 0 bridgehead atoms. The van der Waals surface area contributed by atoms with E-state index in [1.54, 1.807) is 6.07 Å². The average molecular weight is 285 g/mol. The van der Waals surface area contributed by atoms with Gasteiger partial charge >= 0.3 is 0 Å². The van der Waals surface area contributed by atoms with Crippen LogP contribution in [-0.2, 0) is 0 Å². The molecule has 0 aliphatic carbocycles. The van der Waals surface area contributed by atoms with E-state index >= 15 is 0 Å². The Morgan fingerprint density at radius 1 is 1.42 bits per heavy atom. The second kappa shape index (κ2) is 6.69. The van der Waals surface area contributed by atoms with Crippen LogP contribution in [-0.4, -0.2) is 30.6 Å². The van der Waals surface area contributed by atoms with E-state index in [2.05, 4.69) is 24.1 Å². The number of hydrogen-bond donors (Lipinski definition) is 1. The third-order valence-corrected chi connectivity index (χ3v) is 4.28. The van der Waals surface area contributed by atoms with Gasteiger partial charge in [0.25, 0.3) is 0 Å². The molecule has 1 saturated heterocycles. The van der Waals surface area contributed by atoms with Crippen LogP contribution >= 0.6 is 11.6 Å². The highest BCUT2D eigenvalue weighted by molar-refractivity contribution is 6.31. The maximum Gasteiger partial charge on any atom is 0.124 e. The zero-order chi connectivity index (χ0) is 13.8. The van der Waals surface area contributed by atoms with Crippen LogP contribution < -0.4 is 5.32 Å². The van der Waals surface area contributed by atoms with Gasteiger partial charge in [-0.15, -0.1) is 0 Å². The van der Waals surface area contributed by atoms with Crippen LogP contribution in [0.1, 0.15) is 38.3 Å². The second-order valence-electron chi connectivity index (χ2n) is 5.26. The maximum atomic E-state index is 13.0. The van der Waals surface area contributed by atoms with E-state index in [4.69, 9.17) is 11.6 Å². The Balaban J connectivity index is 1.92. The fourth-order valence-electron chi connectivity index (χ4n) is 2.71. The highest BCUT2D eigenvalue weighted by Crippen LogP contribution is 2.25. The molecule has 2 rings (SSSR count). The van der Waals surface area contributed by atoms with Crippen molar-refractivity contribution in [2.24, 2.45) is 0 Å². The van der Waals surface area contributed by atoms with Gasteiger partial charge in [-0.25, -0.2) is 4.39 Å². The van der Waals surface area contributed by atoms with Gasteiger partial charge in [-0.3, -0.25) is 0 Å². The third-order valence-electron chi connectivity index (χ3n) is 3.95. The van der Waals surface area contributed by atoms with E-state index in [1.807, 2.05) is 0 Å². The van der Waals surface area contributed by atoms with Crippen molar-refractivity contribution in [3.63, 3.8) is 0 Å². The maximum absolute atomic E-state index is 13.0. The van der Waals surface area contributed by atoms with Crippen molar-refractivity contribution in [2.45, 2.75) is 38.8 Å². The van der Waals surface area contributed by atoms with Crippen molar-refractivity contribution in [1.82, 2.24) is 10.2 Å². The predicted molar refractivity (Wildman–Crippen MR) is 78.1 cm³/mol. The highest BCUT2D eigenvalue weighted by Gasteiger charge is 2.20. The normalized spacial score (nSPS) is 19.6. The summed E-state index contributed by atoms with van der Waals surface area (Å²) < 4.78 is 13.0. The van der Waals surface area contributed by atoms with Gasteiger partial charge in [0.2, 0.25) is 0 Å². The van der Waals surface area contributed by atoms with Crippen molar-refractivity contribution in [3.05, 3.63) is 34.6 Å². The lowest BCUT2D eigenvalue weighted by Crippen LogP contribution is -2.43. The molecule has 1 atom stereocenters. The average Bonchev–Trinajstić information content (AvgIpc) is 2.39. The number of halogens is 2. The zero-order valence-corrected chi connectivity index (χ0v) is 12.4. The number of likely N-dealkylation sites (tertiary alicyclic amines) is 1. The summed E-state index contributed by atoms with van der Waals surface area (Å²) in [6, 6.07) is 5.31. The molecular weight excluding hydrogens is 263 g/mol. The highest BCUT2D eigenvalue weighted by atomic mass is 35.5. The Labute approximate surface area is 119 Å². The fourth-order valence-corrected chi connectivity index (χ4v) is 3.04. The van der Waals surface area contributed by atoms with Gasteiger partial charge in [-0.05, 0) is 57.1 Å². The number of nitrogens with one attached hydrogen (secondary N) is 1. The first-order chi connectivity index (χ1) is 9.10. The van der Waals surface area contributed by atoms with Crippen LogP contribution in [0.3, 0.4) is 0 Å². The van der Waals surface area contributed by atoms with Crippen LogP contribution in [0.2, 0.25) is 5.02 Å². The quantitative estimate of drug-likeness (QED) is 0.908. The molecule has 0 aromatic heterocycles. The number of rotatable bonds is 4. The summed E-state index contributed by atoms with van der Waals surface area (Å²) in [6.45, 7) is 7.72. The van der Waals surface area contributed by atoms with Gasteiger partial charge in [0.15, 0.2) is 0 Å². The van der Waals surface area contributed by atoms with E-state index in [0.29, 0.717) is 11.1 Å². The smallest absolute Gasteiger partial charge is 0.124 e. The zero-order valence-electron chi connectivity index (χ0n) is 11.6. The Kier molecular flexibility index (Phi) is 5.20. The summed E-state index contributed by atoms with van der Waals surface area (Å²) in [7, 11) is 0. The molecule has 1 aliphatic rings. The van der Waals surface area contributed by atoms with Gasteiger partial charge < -0.3 is 10.2 Å². The standard InChI is InChI=1S/C15H22ClFN2/c1-3-19-8-6-13(7-9-19)18-11(2)14-5-4-12(17)10-15(14)16/h4-5,10-11,13,18H,3,6-9H2,1-2H3. The molecule has 0 amide bonds. The lowest BCUT2D eigenvalue weighted by atomic mass is 10.0. The predicted octanol–water partition coefficient (Wildman–Crippen LogP) is 3.61. The van der Waals surface area contributed by atoms with Crippen molar-refractivity contribution in [2.75, 3.05) is 19.6 Å². The lowest BCUT2D eigenvalue weighted by Gasteiger charge is -2.33. The van der Waals surface area contributed by atoms with Crippen molar-refractivity contribution in [1.29, 1.82) is 0 Å². The molecule has 1 unspecified atom stereocenters. The summed E-state index contributed by atoms with van der Waals surface area (Å²) in [6.07, 6.45) is 2.33. The Morgan fingerprint density at radius 3 is 2.68 bits per heavy atom. The molecule has 19 heavy (non-hydrogen) atoms. The molecule has 1 aromatic rings. The molecule has 0 spiro atoms. The first kappa shape index (κ1) is 14.8. The minimum atomic E-state index is -0.280. The van der Waals surface area contributed by atoms with Crippen molar-refractivity contribution < 1.29 is 4.39 Å². The van der Waals surface area contributed by atoms with Crippen LogP contribution in [0.5, 0.6) is 0 Å². The molecule has 0 radical (unpaired) electrons. The van der Waals surface area contributed by atoms with Crippen molar-refractivity contribution in [3.8, 4) is 0 Å². The summed E-state index contributed by atoms with van der Waals surface area (Å²) >= 11 is 6.10. The Morgan fingerprint density at radius 2 is 2.11 bits per heavy atom. The largest absolute Gasteiger partial charge is 0.307 e. The van der Waals surface area contributed by atoms with E-state index in [1.165, 1.54) is 12.1 Å². The molecular formula is C15H22ClFN2. The SMILES string of the molecule is CCN1CCC(NC(C)c2ccc(F)cc2Cl)CC1. The number of piperidine rings is 1. The molecule has 1 aliphatic heterocycles. The molecule has 4 heteroatoms. The van der Waals surface area contributed by atoms with Crippen LogP contribution in [0.15, 0.2) is 18.2 Å². The monoisotopic (exact) mass is 284 g/mol. The first-order valence-electron chi connectivity index (χ1n) is 7.03. The van der Waals surface area contributed by atoms with Gasteiger partial charge in [0.1, 0.15) is 5.82 Å². The first-order valence-corrected chi connectivity index (χ1v) is 7.41. The summed E-state index contributed by atoms with van der Waals surface area (Å²) in [5.41, 5.74) is 0.973. The molecule has 0 saturated carbocycles. The number of nitrogens with zero attached hydrogens (tertiary/aromatic N) is 1. The van der Waals surface area contributed by atoms with Crippen LogP contribution in [0.25, 0.3) is 0 Å². The number of hydrogen-bond acceptors (Lipinski definition) is 2. The molecule has 1 fully saturated rings. The fraction of sp³-hybridized carbons (Fsp3) is 0.600. The molecule has 1 N–H and O–H groups in total. The minimum absolute atomic E-state index is 0.159. The summed E-state index contributed by atoms with van der Waals surface area (Å²) in [5, 5.41) is 4.11. The van der Waals surface area contributed by atoms with Crippen LogP contribution in [0.4, 0.5) is 4.39 Å². The Hall–Kier alpha value is -0.640. The molecule has 1 aromatic carbocycles. The lowest BCUT2D eigenvalue weighted by molar-refractivity contribution is 0.200. The summed E-state index contributed by atoms with van der Waals surface area (Å²) in [4.78, 5) is 2.47. The van der Waals surface area contributed by atoms with Gasteiger partial charge in [0.05, 0.1) is 0 Å². The third kappa shape index (κ3) is 3.91. The van der Waals surface area contributed by atoms with Gasteiger partial charge in [0, 0.05) is 17.1 Å². The van der Waals surface area contributed by atoms with E-state index in [9.17, 15) is 4.39 Å². The van der Waals surface area contributed by atoms with Crippen molar-refractivity contribution >= 4 is 11.6 Å². The van der Waals surface area contributed by atoms with E-state index < -0.39 is 0 Å². The second-order valence-corrected chi connectivity index (χ2v) is 5.67. The molecule has 2 nitrogen and oxygen atoms in total. The minimum Gasteiger partial charge on any atom is -0.307 e. The molecule has 106 valence electrons. The topological polar surface area (TPSA) is 15.3 Å². The van der Waals surface area contributed by atoms with E-state index in [0.717, 1.165) is 38.0 Å². The van der Waals surface area contributed by atoms with Crippen LogP contribution in [0, 0.1) is 5.82 Å². The molecule has 1 heterocycles. The number of benzene rings is 1. The van der Waals surface area contributed by atoms with Gasteiger partial charge in [-0.2, -0.15) is 0 Å². The van der Waals surface area contributed by atoms with E-state index in [-0.39, 0.29) is 11.9 Å².